The number of aromatic nitrogens is 2. The maximum absolute atomic E-state index is 10.8. The molecule has 1 aromatic rings. The van der Waals surface area contributed by atoms with Crippen molar-refractivity contribution in [2.75, 3.05) is 6.54 Å². The molecule has 0 aliphatic heterocycles. The third kappa shape index (κ3) is 4.02. The first-order valence-electron chi connectivity index (χ1n) is 6.94. The predicted octanol–water partition coefficient (Wildman–Crippen LogP) is 1.61. The van der Waals surface area contributed by atoms with Crippen molar-refractivity contribution >= 4 is 5.97 Å². The molecular weight excluding hydrogens is 246 g/mol. The lowest BCUT2D eigenvalue weighted by Crippen LogP contribution is -2.28. The highest BCUT2D eigenvalue weighted by Crippen LogP contribution is 2.28. The first-order valence-corrected chi connectivity index (χ1v) is 6.94. The topological polar surface area (TPSA) is 88.2 Å². The first kappa shape index (κ1) is 14.0. The summed E-state index contributed by atoms with van der Waals surface area (Å²) in [7, 11) is 0. The Morgan fingerprint density at radius 3 is 2.74 bits per heavy atom. The molecule has 1 heterocycles. The molecular formula is C13H21N3O3. The molecule has 0 amide bonds. The van der Waals surface area contributed by atoms with Crippen molar-refractivity contribution in [2.24, 2.45) is 11.8 Å². The van der Waals surface area contributed by atoms with Gasteiger partial charge in [0.1, 0.15) is 0 Å². The maximum atomic E-state index is 10.8. The molecule has 1 aromatic heterocycles. The SMILES string of the molecule is CCc1noc(CNCC2CCC(C(=O)O)CC2)n1. The molecule has 19 heavy (non-hydrogen) atoms. The van der Waals surface area contributed by atoms with E-state index in [9.17, 15) is 4.79 Å². The Morgan fingerprint density at radius 2 is 2.16 bits per heavy atom. The van der Waals surface area contributed by atoms with Crippen LogP contribution in [-0.2, 0) is 17.8 Å². The lowest BCUT2D eigenvalue weighted by Gasteiger charge is -2.25. The van der Waals surface area contributed by atoms with Crippen LogP contribution in [0.4, 0.5) is 0 Å². The van der Waals surface area contributed by atoms with Crippen molar-refractivity contribution < 1.29 is 14.4 Å². The number of hydrogen-bond donors (Lipinski definition) is 2. The highest BCUT2D eigenvalue weighted by Gasteiger charge is 2.25. The Kier molecular flexibility index (Phi) is 4.90. The van der Waals surface area contributed by atoms with Crippen LogP contribution >= 0.6 is 0 Å². The first-order chi connectivity index (χ1) is 9.19. The molecule has 2 N–H and O–H groups in total. The molecule has 0 radical (unpaired) electrons. The van der Waals surface area contributed by atoms with Gasteiger partial charge in [0.2, 0.25) is 5.89 Å². The van der Waals surface area contributed by atoms with Crippen LogP contribution in [0.2, 0.25) is 0 Å². The van der Waals surface area contributed by atoms with Gasteiger partial charge in [0.05, 0.1) is 12.5 Å². The molecule has 1 aliphatic rings. The molecule has 0 spiro atoms. The lowest BCUT2D eigenvalue weighted by atomic mass is 9.82. The summed E-state index contributed by atoms with van der Waals surface area (Å²) < 4.78 is 5.09. The zero-order valence-electron chi connectivity index (χ0n) is 11.3. The minimum Gasteiger partial charge on any atom is -0.481 e. The monoisotopic (exact) mass is 267 g/mol. The van der Waals surface area contributed by atoms with Crippen LogP contribution in [0.5, 0.6) is 0 Å². The van der Waals surface area contributed by atoms with Crippen molar-refractivity contribution in [2.45, 2.75) is 45.6 Å². The minimum absolute atomic E-state index is 0.140. The predicted molar refractivity (Wildman–Crippen MR) is 68.5 cm³/mol. The normalized spacial score (nSPS) is 23.4. The molecule has 0 atom stereocenters. The molecule has 106 valence electrons. The van der Waals surface area contributed by atoms with E-state index in [1.165, 1.54) is 0 Å². The number of aryl methyl sites for hydroxylation is 1. The fourth-order valence-corrected chi connectivity index (χ4v) is 2.50. The Bertz CT molecular complexity index is 411. The van der Waals surface area contributed by atoms with Gasteiger partial charge in [-0.1, -0.05) is 12.1 Å². The summed E-state index contributed by atoms with van der Waals surface area (Å²) in [5.74, 6) is 1.13. The Hall–Kier alpha value is -1.43. The van der Waals surface area contributed by atoms with Crippen LogP contribution in [0, 0.1) is 11.8 Å². The molecule has 0 aromatic carbocycles. The van der Waals surface area contributed by atoms with Gasteiger partial charge in [-0.15, -0.1) is 0 Å². The van der Waals surface area contributed by atoms with Gasteiger partial charge >= 0.3 is 5.97 Å². The number of nitrogens with one attached hydrogen (secondary N) is 1. The summed E-state index contributed by atoms with van der Waals surface area (Å²) in [6.07, 6.45) is 4.33. The molecule has 1 aliphatic carbocycles. The fraction of sp³-hybridized carbons (Fsp3) is 0.769. The Morgan fingerprint density at radius 1 is 1.42 bits per heavy atom. The third-order valence-corrected chi connectivity index (χ3v) is 3.73. The summed E-state index contributed by atoms with van der Waals surface area (Å²) >= 11 is 0. The number of carboxylic acid groups (broad SMARTS) is 1. The van der Waals surface area contributed by atoms with Crippen LogP contribution in [0.1, 0.15) is 44.3 Å². The van der Waals surface area contributed by atoms with Gasteiger partial charge in [0.25, 0.3) is 0 Å². The second-order valence-electron chi connectivity index (χ2n) is 5.14. The highest BCUT2D eigenvalue weighted by molar-refractivity contribution is 5.69. The zero-order chi connectivity index (χ0) is 13.7. The molecule has 0 saturated heterocycles. The van der Waals surface area contributed by atoms with E-state index in [2.05, 4.69) is 15.5 Å². The smallest absolute Gasteiger partial charge is 0.306 e. The van der Waals surface area contributed by atoms with Gasteiger partial charge in [-0.05, 0) is 38.1 Å². The number of aliphatic carboxylic acids is 1. The Labute approximate surface area is 112 Å². The van der Waals surface area contributed by atoms with Gasteiger partial charge < -0.3 is 14.9 Å². The van der Waals surface area contributed by atoms with E-state index < -0.39 is 5.97 Å². The standard InChI is InChI=1S/C13H21N3O3/c1-2-11-15-12(19-16-11)8-14-7-9-3-5-10(6-4-9)13(17)18/h9-10,14H,2-8H2,1H3,(H,17,18). The maximum Gasteiger partial charge on any atom is 0.306 e. The molecule has 6 heteroatoms. The molecule has 2 rings (SSSR count). The quantitative estimate of drug-likeness (QED) is 0.814. The van der Waals surface area contributed by atoms with E-state index in [0.29, 0.717) is 18.4 Å². The van der Waals surface area contributed by atoms with Gasteiger partial charge in [0, 0.05) is 6.42 Å². The van der Waals surface area contributed by atoms with Crippen LogP contribution in [0.25, 0.3) is 0 Å². The highest BCUT2D eigenvalue weighted by atomic mass is 16.5. The Balaban J connectivity index is 1.65. The van der Waals surface area contributed by atoms with Gasteiger partial charge in [-0.3, -0.25) is 4.79 Å². The van der Waals surface area contributed by atoms with Crippen molar-refractivity contribution in [1.82, 2.24) is 15.5 Å². The average molecular weight is 267 g/mol. The number of carboxylic acids is 1. The third-order valence-electron chi connectivity index (χ3n) is 3.73. The molecule has 6 nitrogen and oxygen atoms in total. The summed E-state index contributed by atoms with van der Waals surface area (Å²) in [6, 6.07) is 0. The average Bonchev–Trinajstić information content (AvgIpc) is 2.87. The molecule has 0 unspecified atom stereocenters. The van der Waals surface area contributed by atoms with Crippen molar-refractivity contribution in [3.63, 3.8) is 0 Å². The van der Waals surface area contributed by atoms with Gasteiger partial charge in [-0.2, -0.15) is 4.98 Å². The molecule has 1 fully saturated rings. The van der Waals surface area contributed by atoms with E-state index in [1.54, 1.807) is 0 Å². The second-order valence-corrected chi connectivity index (χ2v) is 5.14. The lowest BCUT2D eigenvalue weighted by molar-refractivity contribution is -0.143. The molecule has 1 saturated carbocycles. The van der Waals surface area contributed by atoms with Crippen molar-refractivity contribution in [3.8, 4) is 0 Å². The summed E-state index contributed by atoms with van der Waals surface area (Å²) in [6.45, 7) is 3.46. The van der Waals surface area contributed by atoms with E-state index in [4.69, 9.17) is 9.63 Å². The van der Waals surface area contributed by atoms with Crippen LogP contribution in [-0.4, -0.2) is 27.8 Å². The van der Waals surface area contributed by atoms with E-state index in [-0.39, 0.29) is 5.92 Å². The number of hydrogen-bond acceptors (Lipinski definition) is 5. The summed E-state index contributed by atoms with van der Waals surface area (Å²) in [5, 5.41) is 16.1. The molecule has 0 bridgehead atoms. The van der Waals surface area contributed by atoms with Crippen LogP contribution < -0.4 is 5.32 Å². The number of nitrogens with zero attached hydrogens (tertiary/aromatic N) is 2. The van der Waals surface area contributed by atoms with E-state index in [0.717, 1.165) is 44.5 Å². The number of carbonyl (C=O) groups is 1. The zero-order valence-corrected chi connectivity index (χ0v) is 11.3. The van der Waals surface area contributed by atoms with Crippen LogP contribution in [0.3, 0.4) is 0 Å². The number of rotatable bonds is 6. The van der Waals surface area contributed by atoms with Gasteiger partial charge in [0.15, 0.2) is 5.82 Å². The van der Waals surface area contributed by atoms with Crippen LogP contribution in [0.15, 0.2) is 4.52 Å². The van der Waals surface area contributed by atoms with Crippen molar-refractivity contribution in [1.29, 1.82) is 0 Å². The van der Waals surface area contributed by atoms with Gasteiger partial charge in [-0.25, -0.2) is 0 Å². The largest absolute Gasteiger partial charge is 0.481 e. The fourth-order valence-electron chi connectivity index (χ4n) is 2.50. The van der Waals surface area contributed by atoms with E-state index in [1.807, 2.05) is 6.92 Å². The van der Waals surface area contributed by atoms with Crippen molar-refractivity contribution in [3.05, 3.63) is 11.7 Å². The minimum atomic E-state index is -0.649. The second kappa shape index (κ2) is 6.65. The summed E-state index contributed by atoms with van der Waals surface area (Å²) in [4.78, 5) is 15.1. The van der Waals surface area contributed by atoms with E-state index >= 15 is 0 Å². The summed E-state index contributed by atoms with van der Waals surface area (Å²) in [5.41, 5.74) is 0.